The molecule has 96 valence electrons. The summed E-state index contributed by atoms with van der Waals surface area (Å²) in [7, 11) is 0. The zero-order valence-electron chi connectivity index (χ0n) is 9.81. The topological polar surface area (TPSA) is 96.0 Å². The maximum atomic E-state index is 10.6. The van der Waals surface area contributed by atoms with Gasteiger partial charge in [-0.1, -0.05) is 6.92 Å². The van der Waals surface area contributed by atoms with Crippen LogP contribution in [0.1, 0.15) is 18.9 Å². The van der Waals surface area contributed by atoms with Crippen molar-refractivity contribution in [2.45, 2.75) is 13.3 Å². The number of amides is 1. The van der Waals surface area contributed by atoms with Crippen LogP contribution >= 0.6 is 0 Å². The predicted octanol–water partition coefficient (Wildman–Crippen LogP) is 1.50. The molecule has 0 aromatic heterocycles. The van der Waals surface area contributed by atoms with Crippen molar-refractivity contribution in [3.63, 3.8) is 0 Å². The van der Waals surface area contributed by atoms with E-state index in [0.717, 1.165) is 12.5 Å². The number of nitro benzene ring substituents is 1. The highest BCUT2D eigenvalue weighted by atomic mass is 16.6. The average molecular weight is 251 g/mol. The Bertz CT molecular complexity index is 473. The van der Waals surface area contributed by atoms with Gasteiger partial charge < -0.3 is 5.11 Å². The quantitative estimate of drug-likeness (QED) is 0.358. The highest BCUT2D eigenvalue weighted by molar-refractivity contribution is 5.84. The Labute approximate surface area is 103 Å². The third kappa shape index (κ3) is 3.55. The number of hydrogen-bond donors (Lipinski definition) is 1. The summed E-state index contributed by atoms with van der Waals surface area (Å²) in [6.07, 6.45) is 2.61. The van der Waals surface area contributed by atoms with E-state index in [1.165, 1.54) is 23.4 Å². The number of phenolic OH excluding ortho intramolecular Hbond substituents is 1. The zero-order valence-corrected chi connectivity index (χ0v) is 9.81. The van der Waals surface area contributed by atoms with E-state index in [0.29, 0.717) is 18.5 Å². The second kappa shape index (κ2) is 6.33. The van der Waals surface area contributed by atoms with Crippen molar-refractivity contribution in [2.24, 2.45) is 5.10 Å². The Morgan fingerprint density at radius 1 is 1.56 bits per heavy atom. The Balaban J connectivity index is 2.87. The van der Waals surface area contributed by atoms with E-state index in [4.69, 9.17) is 0 Å². The Kier molecular flexibility index (Phi) is 4.79. The van der Waals surface area contributed by atoms with Crippen LogP contribution in [-0.4, -0.2) is 34.2 Å². The van der Waals surface area contributed by atoms with Crippen LogP contribution in [0.2, 0.25) is 0 Å². The predicted molar refractivity (Wildman–Crippen MR) is 65.4 cm³/mol. The molecule has 1 aromatic rings. The first kappa shape index (κ1) is 13.6. The number of nitrogens with zero attached hydrogens (tertiary/aromatic N) is 3. The first-order chi connectivity index (χ1) is 8.58. The molecule has 7 nitrogen and oxygen atoms in total. The molecule has 0 radical (unpaired) electrons. The van der Waals surface area contributed by atoms with Crippen molar-refractivity contribution in [1.82, 2.24) is 5.01 Å². The Hall–Kier alpha value is -2.44. The lowest BCUT2D eigenvalue weighted by Gasteiger charge is -2.08. The van der Waals surface area contributed by atoms with Gasteiger partial charge in [0.15, 0.2) is 0 Å². The number of benzene rings is 1. The monoisotopic (exact) mass is 251 g/mol. The van der Waals surface area contributed by atoms with Gasteiger partial charge in [0.05, 0.1) is 17.2 Å². The number of hydrogen-bond acceptors (Lipinski definition) is 5. The second-order valence-electron chi connectivity index (χ2n) is 3.51. The summed E-state index contributed by atoms with van der Waals surface area (Å²) in [5, 5.41) is 25.1. The van der Waals surface area contributed by atoms with E-state index < -0.39 is 4.92 Å². The van der Waals surface area contributed by atoms with Crippen molar-refractivity contribution in [1.29, 1.82) is 0 Å². The van der Waals surface area contributed by atoms with Crippen molar-refractivity contribution in [3.05, 3.63) is 33.9 Å². The molecule has 0 fully saturated rings. The van der Waals surface area contributed by atoms with Crippen LogP contribution in [0.5, 0.6) is 5.75 Å². The minimum absolute atomic E-state index is 0.203. The van der Waals surface area contributed by atoms with Gasteiger partial charge in [-0.2, -0.15) is 5.10 Å². The number of nitro groups is 1. The number of non-ortho nitro benzene ring substituents is 1. The van der Waals surface area contributed by atoms with E-state index in [1.807, 2.05) is 6.92 Å². The summed E-state index contributed by atoms with van der Waals surface area (Å²) in [6, 6.07) is 3.66. The molecule has 0 heterocycles. The van der Waals surface area contributed by atoms with Crippen LogP contribution in [0.25, 0.3) is 0 Å². The van der Waals surface area contributed by atoms with E-state index in [9.17, 15) is 20.0 Å². The minimum Gasteiger partial charge on any atom is -0.507 e. The van der Waals surface area contributed by atoms with Crippen molar-refractivity contribution < 1.29 is 14.8 Å². The fourth-order valence-electron chi connectivity index (χ4n) is 1.26. The van der Waals surface area contributed by atoms with Crippen LogP contribution in [0.3, 0.4) is 0 Å². The third-order valence-electron chi connectivity index (χ3n) is 2.14. The highest BCUT2D eigenvalue weighted by Crippen LogP contribution is 2.21. The molecule has 1 N–H and O–H groups in total. The summed E-state index contributed by atoms with van der Waals surface area (Å²) in [6.45, 7) is 2.36. The Morgan fingerprint density at radius 2 is 2.28 bits per heavy atom. The highest BCUT2D eigenvalue weighted by Gasteiger charge is 2.08. The normalized spacial score (nSPS) is 10.5. The summed E-state index contributed by atoms with van der Waals surface area (Å²) in [5.74, 6) is -0.254. The third-order valence-corrected chi connectivity index (χ3v) is 2.14. The molecule has 0 aliphatic carbocycles. The standard InChI is InChI=1S/C11H13N3O4/c1-2-5-13(8-15)12-7-9-3-4-10(14(17)18)6-11(9)16/h3-4,6-8,16H,2,5H2,1H3. The van der Waals surface area contributed by atoms with Crippen LogP contribution < -0.4 is 0 Å². The molecule has 0 bridgehead atoms. The molecule has 0 aliphatic rings. The van der Waals surface area contributed by atoms with Gasteiger partial charge in [-0.3, -0.25) is 14.9 Å². The lowest BCUT2D eigenvalue weighted by atomic mass is 10.2. The van der Waals surface area contributed by atoms with Crippen molar-refractivity contribution >= 4 is 18.3 Å². The van der Waals surface area contributed by atoms with Gasteiger partial charge in [0, 0.05) is 18.2 Å². The van der Waals surface area contributed by atoms with Gasteiger partial charge in [0.25, 0.3) is 5.69 Å². The fourth-order valence-corrected chi connectivity index (χ4v) is 1.26. The van der Waals surface area contributed by atoms with Gasteiger partial charge in [0.1, 0.15) is 5.75 Å². The largest absolute Gasteiger partial charge is 0.507 e. The number of carbonyl (C=O) groups is 1. The average Bonchev–Trinajstić information content (AvgIpc) is 2.35. The number of rotatable bonds is 6. The van der Waals surface area contributed by atoms with Gasteiger partial charge in [-0.05, 0) is 12.5 Å². The number of carbonyl (C=O) groups excluding carboxylic acids is 1. The van der Waals surface area contributed by atoms with Crippen LogP contribution in [0.4, 0.5) is 5.69 Å². The molecule has 0 saturated heterocycles. The lowest BCUT2D eigenvalue weighted by molar-refractivity contribution is -0.384. The molecule has 0 aliphatic heterocycles. The van der Waals surface area contributed by atoms with Crippen molar-refractivity contribution in [2.75, 3.05) is 6.54 Å². The van der Waals surface area contributed by atoms with Crippen LogP contribution in [-0.2, 0) is 4.79 Å². The first-order valence-electron chi connectivity index (χ1n) is 5.31. The van der Waals surface area contributed by atoms with Gasteiger partial charge in [-0.25, -0.2) is 5.01 Å². The molecule has 0 unspecified atom stereocenters. The summed E-state index contributed by atoms with van der Waals surface area (Å²) < 4.78 is 0. The first-order valence-corrected chi connectivity index (χ1v) is 5.31. The SMILES string of the molecule is CCCN(C=O)N=Cc1ccc([N+](=O)[O-])cc1O. The van der Waals surface area contributed by atoms with E-state index >= 15 is 0 Å². The molecular weight excluding hydrogens is 238 g/mol. The minimum atomic E-state index is -0.602. The Morgan fingerprint density at radius 3 is 2.78 bits per heavy atom. The zero-order chi connectivity index (χ0) is 13.5. The number of hydrazone groups is 1. The molecule has 18 heavy (non-hydrogen) atoms. The van der Waals surface area contributed by atoms with Gasteiger partial charge >= 0.3 is 0 Å². The maximum absolute atomic E-state index is 10.6. The molecule has 0 atom stereocenters. The summed E-state index contributed by atoms with van der Waals surface area (Å²) >= 11 is 0. The second-order valence-corrected chi connectivity index (χ2v) is 3.51. The van der Waals surface area contributed by atoms with Gasteiger partial charge in [-0.15, -0.1) is 0 Å². The number of phenols is 1. The van der Waals surface area contributed by atoms with Gasteiger partial charge in [0.2, 0.25) is 6.41 Å². The number of aromatic hydroxyl groups is 1. The molecule has 0 saturated carbocycles. The molecule has 1 amide bonds. The van der Waals surface area contributed by atoms with E-state index in [-0.39, 0.29) is 11.4 Å². The molecule has 1 aromatic carbocycles. The fraction of sp³-hybridized carbons (Fsp3) is 0.273. The lowest BCUT2D eigenvalue weighted by Crippen LogP contribution is -2.15. The summed E-state index contributed by atoms with van der Waals surface area (Å²) in [5.41, 5.74) is 0.106. The molecule has 1 rings (SSSR count). The van der Waals surface area contributed by atoms with Crippen LogP contribution in [0.15, 0.2) is 23.3 Å². The van der Waals surface area contributed by atoms with Crippen molar-refractivity contribution in [3.8, 4) is 5.75 Å². The van der Waals surface area contributed by atoms with Crippen LogP contribution in [0, 0.1) is 10.1 Å². The molecule has 0 spiro atoms. The molecular formula is C11H13N3O4. The van der Waals surface area contributed by atoms with E-state index in [2.05, 4.69) is 5.10 Å². The maximum Gasteiger partial charge on any atom is 0.273 e. The smallest absolute Gasteiger partial charge is 0.273 e. The summed E-state index contributed by atoms with van der Waals surface area (Å²) in [4.78, 5) is 20.5. The molecule has 7 heteroatoms. The van der Waals surface area contributed by atoms with E-state index in [1.54, 1.807) is 0 Å².